The van der Waals surface area contributed by atoms with Crippen LogP contribution in [0.3, 0.4) is 0 Å². The van der Waals surface area contributed by atoms with Crippen LogP contribution in [0.4, 0.5) is 0 Å². The SMILES string of the molecule is CCS(=O)(=O)N1CCC[C@@H](C(=O)N[C@@H](C)COc2ccc(C)cc2)C1. The molecule has 2 rings (SSSR count). The van der Waals surface area contributed by atoms with Crippen molar-refractivity contribution in [2.75, 3.05) is 25.4 Å². The van der Waals surface area contributed by atoms with Crippen LogP contribution in [0.15, 0.2) is 24.3 Å². The molecular formula is C18H28N2O4S. The predicted octanol–water partition coefficient (Wildman–Crippen LogP) is 1.94. The van der Waals surface area contributed by atoms with Crippen LogP contribution in [0.1, 0.15) is 32.3 Å². The number of nitrogens with zero attached hydrogens (tertiary/aromatic N) is 1. The molecule has 1 amide bonds. The molecule has 0 bridgehead atoms. The van der Waals surface area contributed by atoms with Crippen LogP contribution >= 0.6 is 0 Å². The average Bonchev–Trinajstić information content (AvgIpc) is 2.61. The van der Waals surface area contributed by atoms with E-state index in [1.807, 2.05) is 38.1 Å². The third kappa shape index (κ3) is 5.71. The van der Waals surface area contributed by atoms with Crippen molar-refractivity contribution in [2.24, 2.45) is 5.92 Å². The zero-order valence-corrected chi connectivity index (χ0v) is 16.0. The second-order valence-electron chi connectivity index (χ2n) is 6.63. The number of aryl methyl sites for hydroxylation is 1. The third-order valence-corrected chi connectivity index (χ3v) is 6.27. The summed E-state index contributed by atoms with van der Waals surface area (Å²) in [6.07, 6.45) is 1.43. The molecule has 0 saturated carbocycles. The number of nitrogens with one attached hydrogen (secondary N) is 1. The molecule has 0 aliphatic carbocycles. The molecule has 0 spiro atoms. The summed E-state index contributed by atoms with van der Waals surface area (Å²) in [7, 11) is -3.24. The Labute approximate surface area is 150 Å². The van der Waals surface area contributed by atoms with Gasteiger partial charge in [-0.05, 0) is 45.7 Å². The van der Waals surface area contributed by atoms with E-state index in [0.717, 1.165) is 11.3 Å². The molecule has 1 aromatic carbocycles. The lowest BCUT2D eigenvalue weighted by molar-refractivity contribution is -0.126. The van der Waals surface area contributed by atoms with Gasteiger partial charge in [0.25, 0.3) is 0 Å². The van der Waals surface area contributed by atoms with Crippen molar-refractivity contribution >= 4 is 15.9 Å². The Bertz CT molecular complexity index is 673. The summed E-state index contributed by atoms with van der Waals surface area (Å²) in [6.45, 7) is 6.68. The Morgan fingerprint density at radius 2 is 2.04 bits per heavy atom. The van der Waals surface area contributed by atoms with E-state index in [0.29, 0.717) is 26.0 Å². The number of sulfonamides is 1. The largest absolute Gasteiger partial charge is 0.491 e. The molecule has 7 heteroatoms. The molecule has 1 aliphatic heterocycles. The molecule has 0 radical (unpaired) electrons. The van der Waals surface area contributed by atoms with Crippen molar-refractivity contribution in [3.8, 4) is 5.75 Å². The molecule has 2 atom stereocenters. The number of piperidine rings is 1. The van der Waals surface area contributed by atoms with Gasteiger partial charge >= 0.3 is 0 Å². The summed E-state index contributed by atoms with van der Waals surface area (Å²) in [4.78, 5) is 12.4. The van der Waals surface area contributed by atoms with Crippen LogP contribution in [0.2, 0.25) is 0 Å². The van der Waals surface area contributed by atoms with E-state index in [-0.39, 0.29) is 30.2 Å². The van der Waals surface area contributed by atoms with Gasteiger partial charge in [0.15, 0.2) is 0 Å². The fourth-order valence-electron chi connectivity index (χ4n) is 2.85. The number of carbonyl (C=O) groups is 1. The third-order valence-electron chi connectivity index (χ3n) is 4.42. The van der Waals surface area contributed by atoms with Crippen molar-refractivity contribution in [1.82, 2.24) is 9.62 Å². The highest BCUT2D eigenvalue weighted by atomic mass is 32.2. The number of amides is 1. The monoisotopic (exact) mass is 368 g/mol. The molecule has 1 N–H and O–H groups in total. The summed E-state index contributed by atoms with van der Waals surface area (Å²) in [5.74, 6) is 0.444. The summed E-state index contributed by atoms with van der Waals surface area (Å²) >= 11 is 0. The summed E-state index contributed by atoms with van der Waals surface area (Å²) < 4.78 is 31.1. The van der Waals surface area contributed by atoms with Gasteiger partial charge in [-0.2, -0.15) is 0 Å². The second-order valence-corrected chi connectivity index (χ2v) is 8.89. The van der Waals surface area contributed by atoms with Crippen molar-refractivity contribution < 1.29 is 17.9 Å². The Balaban J connectivity index is 1.82. The molecule has 1 aliphatic rings. The summed E-state index contributed by atoms with van der Waals surface area (Å²) in [5, 5.41) is 2.94. The fraction of sp³-hybridized carbons (Fsp3) is 0.611. The highest BCUT2D eigenvalue weighted by Gasteiger charge is 2.31. The van der Waals surface area contributed by atoms with E-state index in [4.69, 9.17) is 4.74 Å². The van der Waals surface area contributed by atoms with Gasteiger partial charge in [0.2, 0.25) is 15.9 Å². The van der Waals surface area contributed by atoms with Gasteiger partial charge < -0.3 is 10.1 Å². The molecular weight excluding hydrogens is 340 g/mol. The Morgan fingerprint density at radius 3 is 2.68 bits per heavy atom. The zero-order valence-electron chi connectivity index (χ0n) is 15.2. The Hall–Kier alpha value is -1.60. The van der Waals surface area contributed by atoms with Crippen LogP contribution in [-0.2, 0) is 14.8 Å². The van der Waals surface area contributed by atoms with E-state index in [1.54, 1.807) is 6.92 Å². The average molecular weight is 368 g/mol. The molecule has 0 unspecified atom stereocenters. The van der Waals surface area contributed by atoms with Gasteiger partial charge in [0.05, 0.1) is 17.7 Å². The fourth-order valence-corrected chi connectivity index (χ4v) is 4.03. The maximum Gasteiger partial charge on any atom is 0.224 e. The maximum absolute atomic E-state index is 12.4. The lowest BCUT2D eigenvalue weighted by Gasteiger charge is -2.31. The minimum atomic E-state index is -3.24. The predicted molar refractivity (Wildman–Crippen MR) is 98.0 cm³/mol. The van der Waals surface area contributed by atoms with Crippen LogP contribution in [0, 0.1) is 12.8 Å². The van der Waals surface area contributed by atoms with Gasteiger partial charge in [-0.1, -0.05) is 17.7 Å². The van der Waals surface area contributed by atoms with Crippen LogP contribution < -0.4 is 10.1 Å². The molecule has 1 heterocycles. The van der Waals surface area contributed by atoms with Crippen molar-refractivity contribution in [3.05, 3.63) is 29.8 Å². The summed E-state index contributed by atoms with van der Waals surface area (Å²) in [5.41, 5.74) is 1.16. The van der Waals surface area contributed by atoms with E-state index < -0.39 is 10.0 Å². The minimum Gasteiger partial charge on any atom is -0.491 e. The molecule has 6 nitrogen and oxygen atoms in total. The van der Waals surface area contributed by atoms with Gasteiger partial charge in [-0.25, -0.2) is 12.7 Å². The number of hydrogen-bond donors (Lipinski definition) is 1. The first-order chi connectivity index (χ1) is 11.8. The first-order valence-corrected chi connectivity index (χ1v) is 10.4. The van der Waals surface area contributed by atoms with E-state index in [2.05, 4.69) is 5.32 Å². The lowest BCUT2D eigenvalue weighted by Crippen LogP contribution is -2.48. The molecule has 1 aromatic rings. The Morgan fingerprint density at radius 1 is 1.36 bits per heavy atom. The van der Waals surface area contributed by atoms with Crippen LogP contribution in [0.25, 0.3) is 0 Å². The lowest BCUT2D eigenvalue weighted by atomic mass is 9.98. The maximum atomic E-state index is 12.4. The summed E-state index contributed by atoms with van der Waals surface area (Å²) in [6, 6.07) is 7.61. The standard InChI is InChI=1S/C18H28N2O4S/c1-4-25(22,23)20-11-5-6-16(12-20)18(21)19-15(3)13-24-17-9-7-14(2)8-10-17/h7-10,15-16H,4-6,11-13H2,1-3H3,(H,19,21)/t15-,16+/m0/s1. The smallest absolute Gasteiger partial charge is 0.224 e. The number of ether oxygens (including phenoxy) is 1. The van der Waals surface area contributed by atoms with Crippen LogP contribution in [-0.4, -0.2) is 50.1 Å². The van der Waals surface area contributed by atoms with Gasteiger partial charge in [-0.3, -0.25) is 4.79 Å². The van der Waals surface area contributed by atoms with Gasteiger partial charge in [0.1, 0.15) is 12.4 Å². The van der Waals surface area contributed by atoms with Crippen molar-refractivity contribution in [1.29, 1.82) is 0 Å². The highest BCUT2D eigenvalue weighted by molar-refractivity contribution is 7.89. The molecule has 0 aromatic heterocycles. The first-order valence-electron chi connectivity index (χ1n) is 8.79. The van der Waals surface area contributed by atoms with Gasteiger partial charge in [0, 0.05) is 13.1 Å². The number of hydrogen-bond acceptors (Lipinski definition) is 4. The van der Waals surface area contributed by atoms with Crippen molar-refractivity contribution in [3.63, 3.8) is 0 Å². The topological polar surface area (TPSA) is 75.7 Å². The first kappa shape index (κ1) is 19.7. The minimum absolute atomic E-state index is 0.0716. The number of rotatable bonds is 7. The van der Waals surface area contributed by atoms with Crippen LogP contribution in [0.5, 0.6) is 5.75 Å². The molecule has 140 valence electrons. The Kier molecular flexibility index (Phi) is 6.84. The van der Waals surface area contributed by atoms with E-state index >= 15 is 0 Å². The van der Waals surface area contributed by atoms with Crippen molar-refractivity contribution in [2.45, 2.75) is 39.7 Å². The number of carbonyl (C=O) groups excluding carboxylic acids is 1. The second kappa shape index (κ2) is 8.67. The zero-order chi connectivity index (χ0) is 18.4. The van der Waals surface area contributed by atoms with Gasteiger partial charge in [-0.15, -0.1) is 0 Å². The molecule has 25 heavy (non-hydrogen) atoms. The molecule has 1 fully saturated rings. The van der Waals surface area contributed by atoms with E-state index in [1.165, 1.54) is 4.31 Å². The highest BCUT2D eigenvalue weighted by Crippen LogP contribution is 2.20. The van der Waals surface area contributed by atoms with E-state index in [9.17, 15) is 13.2 Å². The quantitative estimate of drug-likeness (QED) is 0.798. The molecule has 1 saturated heterocycles. The number of benzene rings is 1. The normalized spacial score (nSPS) is 20.0.